The van der Waals surface area contributed by atoms with Crippen molar-refractivity contribution < 1.29 is 9.47 Å². The molecule has 0 amide bonds. The molecule has 0 fully saturated rings. The molecule has 1 rings (SSSR count). The van der Waals surface area contributed by atoms with E-state index in [4.69, 9.17) is 9.47 Å². The summed E-state index contributed by atoms with van der Waals surface area (Å²) in [6, 6.07) is 4.00. The van der Waals surface area contributed by atoms with E-state index in [1.54, 1.807) is 7.11 Å². The van der Waals surface area contributed by atoms with Gasteiger partial charge in [-0.25, -0.2) is 0 Å². The third kappa shape index (κ3) is 5.41. The van der Waals surface area contributed by atoms with Gasteiger partial charge < -0.3 is 14.8 Å². The van der Waals surface area contributed by atoms with E-state index in [9.17, 15) is 0 Å². The summed E-state index contributed by atoms with van der Waals surface area (Å²) in [6.45, 7) is 11.2. The van der Waals surface area contributed by atoms with Crippen molar-refractivity contribution >= 4 is 15.9 Å². The molecule has 19 heavy (non-hydrogen) atoms. The van der Waals surface area contributed by atoms with Crippen molar-refractivity contribution in [3.05, 3.63) is 22.2 Å². The highest BCUT2D eigenvalue weighted by Gasteiger charge is 2.16. The van der Waals surface area contributed by atoms with Gasteiger partial charge in [0.1, 0.15) is 0 Å². The van der Waals surface area contributed by atoms with E-state index in [-0.39, 0.29) is 11.6 Å². The van der Waals surface area contributed by atoms with Crippen molar-refractivity contribution in [1.82, 2.24) is 5.32 Å². The van der Waals surface area contributed by atoms with Gasteiger partial charge in [-0.1, -0.05) is 15.9 Å². The van der Waals surface area contributed by atoms with Crippen LogP contribution in [-0.2, 0) is 6.54 Å². The number of ether oxygens (including phenoxy) is 2. The average molecular weight is 330 g/mol. The largest absolute Gasteiger partial charge is 0.493 e. The van der Waals surface area contributed by atoms with Crippen molar-refractivity contribution in [2.24, 2.45) is 0 Å². The molecule has 0 aromatic heterocycles. The maximum atomic E-state index is 5.90. The van der Waals surface area contributed by atoms with Gasteiger partial charge in [0, 0.05) is 22.1 Å². The summed E-state index contributed by atoms with van der Waals surface area (Å²) in [6.07, 6.45) is 0.114. The zero-order chi connectivity index (χ0) is 14.6. The lowest BCUT2D eigenvalue weighted by Crippen LogP contribution is -2.35. The summed E-state index contributed by atoms with van der Waals surface area (Å²) in [5.74, 6) is 1.58. The van der Waals surface area contributed by atoms with Crippen LogP contribution < -0.4 is 14.8 Å². The Balaban J connectivity index is 3.08. The maximum absolute atomic E-state index is 5.90. The molecule has 0 aliphatic heterocycles. The predicted octanol–water partition coefficient (Wildman–Crippen LogP) is 4.13. The van der Waals surface area contributed by atoms with Crippen LogP contribution in [0.15, 0.2) is 16.6 Å². The fourth-order valence-corrected chi connectivity index (χ4v) is 2.12. The first-order chi connectivity index (χ1) is 8.73. The number of hydrogen-bond donors (Lipinski definition) is 1. The minimum Gasteiger partial charge on any atom is -0.493 e. The van der Waals surface area contributed by atoms with Crippen molar-refractivity contribution in [2.45, 2.75) is 52.8 Å². The SMILES string of the molecule is COc1cc(Br)cc(CNC(C)(C)C)c1OC(C)C. The first-order valence-electron chi connectivity index (χ1n) is 6.51. The van der Waals surface area contributed by atoms with Crippen molar-refractivity contribution in [3.63, 3.8) is 0 Å². The predicted molar refractivity (Wildman–Crippen MR) is 83.1 cm³/mol. The molecule has 0 spiro atoms. The van der Waals surface area contributed by atoms with Crippen LogP contribution in [0.4, 0.5) is 0 Å². The first-order valence-corrected chi connectivity index (χ1v) is 7.30. The normalized spacial score (nSPS) is 11.8. The molecule has 0 radical (unpaired) electrons. The molecule has 0 aliphatic rings. The second-order valence-corrected chi connectivity index (χ2v) is 6.78. The van der Waals surface area contributed by atoms with Crippen LogP contribution in [0.25, 0.3) is 0 Å². The van der Waals surface area contributed by atoms with Crippen LogP contribution in [0.3, 0.4) is 0 Å². The van der Waals surface area contributed by atoms with Gasteiger partial charge in [-0.2, -0.15) is 0 Å². The quantitative estimate of drug-likeness (QED) is 0.880. The molecule has 0 unspecified atom stereocenters. The number of benzene rings is 1. The zero-order valence-electron chi connectivity index (χ0n) is 12.6. The third-order valence-corrected chi connectivity index (χ3v) is 2.94. The molecule has 3 nitrogen and oxygen atoms in total. The Morgan fingerprint density at radius 3 is 2.37 bits per heavy atom. The molecule has 0 saturated carbocycles. The van der Waals surface area contributed by atoms with Gasteiger partial charge in [-0.15, -0.1) is 0 Å². The summed E-state index contributed by atoms with van der Waals surface area (Å²) < 4.78 is 12.3. The molecule has 0 heterocycles. The molecule has 1 aromatic rings. The Kier molecular flexibility index (Phi) is 5.68. The Labute approximate surface area is 124 Å². The summed E-state index contributed by atoms with van der Waals surface area (Å²) in [5.41, 5.74) is 1.15. The van der Waals surface area contributed by atoms with Crippen LogP contribution in [0, 0.1) is 0 Å². The van der Waals surface area contributed by atoms with Gasteiger partial charge in [-0.05, 0) is 46.8 Å². The van der Waals surface area contributed by atoms with E-state index in [0.717, 1.165) is 28.1 Å². The van der Waals surface area contributed by atoms with Crippen LogP contribution in [-0.4, -0.2) is 18.8 Å². The minimum absolute atomic E-state index is 0.0602. The summed E-state index contributed by atoms with van der Waals surface area (Å²) in [5, 5.41) is 3.47. The summed E-state index contributed by atoms with van der Waals surface area (Å²) in [7, 11) is 1.66. The molecule has 4 heteroatoms. The highest BCUT2D eigenvalue weighted by atomic mass is 79.9. The lowest BCUT2D eigenvalue weighted by Gasteiger charge is -2.23. The lowest BCUT2D eigenvalue weighted by atomic mass is 10.1. The van der Waals surface area contributed by atoms with E-state index in [2.05, 4.69) is 48.1 Å². The fraction of sp³-hybridized carbons (Fsp3) is 0.600. The number of rotatable bonds is 5. The number of methoxy groups -OCH3 is 1. The van der Waals surface area contributed by atoms with Gasteiger partial charge >= 0.3 is 0 Å². The van der Waals surface area contributed by atoms with Gasteiger partial charge in [0.05, 0.1) is 13.2 Å². The van der Waals surface area contributed by atoms with Gasteiger partial charge in [0.2, 0.25) is 0 Å². The molecular weight excluding hydrogens is 306 g/mol. The topological polar surface area (TPSA) is 30.5 Å². The molecule has 108 valence electrons. The van der Waals surface area contributed by atoms with E-state index >= 15 is 0 Å². The van der Waals surface area contributed by atoms with Crippen LogP contribution in [0.2, 0.25) is 0 Å². The summed E-state index contributed by atoms with van der Waals surface area (Å²) in [4.78, 5) is 0. The molecule has 0 atom stereocenters. The van der Waals surface area contributed by atoms with Gasteiger partial charge in [0.25, 0.3) is 0 Å². The Morgan fingerprint density at radius 2 is 1.89 bits per heavy atom. The monoisotopic (exact) mass is 329 g/mol. The molecule has 0 saturated heterocycles. The molecule has 0 aliphatic carbocycles. The maximum Gasteiger partial charge on any atom is 0.166 e. The van der Waals surface area contributed by atoms with E-state index in [1.165, 1.54) is 0 Å². The fourth-order valence-electron chi connectivity index (χ4n) is 1.64. The number of halogens is 1. The minimum atomic E-state index is 0.0602. The van der Waals surface area contributed by atoms with E-state index < -0.39 is 0 Å². The molecule has 0 bridgehead atoms. The molecular formula is C15H24BrNO2. The third-order valence-electron chi connectivity index (χ3n) is 2.48. The Morgan fingerprint density at radius 1 is 1.26 bits per heavy atom. The average Bonchev–Trinajstić information content (AvgIpc) is 2.27. The van der Waals surface area contributed by atoms with E-state index in [0.29, 0.717) is 0 Å². The first kappa shape index (κ1) is 16.3. The second-order valence-electron chi connectivity index (χ2n) is 5.87. The second kappa shape index (κ2) is 6.62. The van der Waals surface area contributed by atoms with Gasteiger partial charge in [0.15, 0.2) is 11.5 Å². The standard InChI is InChI=1S/C15H24BrNO2/c1-10(2)19-14-11(9-17-15(3,4)5)7-12(16)8-13(14)18-6/h7-8,10,17H,9H2,1-6H3. The van der Waals surface area contributed by atoms with Crippen LogP contribution in [0.1, 0.15) is 40.2 Å². The van der Waals surface area contributed by atoms with Crippen molar-refractivity contribution in [2.75, 3.05) is 7.11 Å². The Hall–Kier alpha value is -0.740. The highest BCUT2D eigenvalue weighted by molar-refractivity contribution is 9.10. The smallest absolute Gasteiger partial charge is 0.166 e. The molecule has 1 aromatic carbocycles. The lowest BCUT2D eigenvalue weighted by molar-refractivity contribution is 0.226. The van der Waals surface area contributed by atoms with Crippen molar-refractivity contribution in [1.29, 1.82) is 0 Å². The number of hydrogen-bond acceptors (Lipinski definition) is 3. The Bertz CT molecular complexity index is 425. The highest BCUT2D eigenvalue weighted by Crippen LogP contribution is 2.35. The van der Waals surface area contributed by atoms with Crippen molar-refractivity contribution in [3.8, 4) is 11.5 Å². The molecule has 1 N–H and O–H groups in total. The van der Waals surface area contributed by atoms with Crippen LogP contribution >= 0.6 is 15.9 Å². The van der Waals surface area contributed by atoms with E-state index in [1.807, 2.05) is 19.9 Å². The summed E-state index contributed by atoms with van der Waals surface area (Å²) >= 11 is 3.51. The zero-order valence-corrected chi connectivity index (χ0v) is 14.2. The van der Waals surface area contributed by atoms with Crippen LogP contribution in [0.5, 0.6) is 11.5 Å². The van der Waals surface area contributed by atoms with Gasteiger partial charge in [-0.3, -0.25) is 0 Å². The number of nitrogens with one attached hydrogen (secondary N) is 1.